The molecule has 2 N–H and O–H groups in total. The molecule has 3 amide bonds. The smallest absolute Gasteiger partial charge is 0.317 e. The van der Waals surface area contributed by atoms with Gasteiger partial charge in [0, 0.05) is 26.2 Å². The third-order valence-corrected chi connectivity index (χ3v) is 5.78. The minimum atomic E-state index is -0.869. The van der Waals surface area contributed by atoms with Crippen molar-refractivity contribution in [3.63, 3.8) is 0 Å². The van der Waals surface area contributed by atoms with Gasteiger partial charge < -0.3 is 20.2 Å². The van der Waals surface area contributed by atoms with E-state index in [1.807, 2.05) is 11.0 Å². The number of nitrogens with one attached hydrogen (secondary N) is 1. The molecule has 7 nitrogen and oxygen atoms in total. The van der Waals surface area contributed by atoms with Crippen LogP contribution in [0.3, 0.4) is 0 Å². The van der Waals surface area contributed by atoms with Crippen molar-refractivity contribution >= 4 is 17.9 Å². The summed E-state index contributed by atoms with van der Waals surface area (Å²) in [6.07, 6.45) is 4.25. The number of likely N-dealkylation sites (tertiary alicyclic amines) is 2. The zero-order valence-electron chi connectivity index (χ0n) is 16.2. The van der Waals surface area contributed by atoms with Crippen LogP contribution in [0.25, 0.3) is 0 Å². The lowest BCUT2D eigenvalue weighted by Crippen LogP contribution is -2.50. The molecule has 0 spiro atoms. The summed E-state index contributed by atoms with van der Waals surface area (Å²) in [6, 6.07) is 10.1. The maximum Gasteiger partial charge on any atom is 0.317 e. The fourth-order valence-electron chi connectivity index (χ4n) is 4.07. The molecule has 152 valence electrons. The van der Waals surface area contributed by atoms with Crippen molar-refractivity contribution in [1.82, 2.24) is 15.1 Å². The number of carboxylic acids is 1. The van der Waals surface area contributed by atoms with E-state index in [9.17, 15) is 14.4 Å². The van der Waals surface area contributed by atoms with Crippen LogP contribution in [0.4, 0.5) is 4.79 Å². The van der Waals surface area contributed by atoms with E-state index >= 15 is 0 Å². The standard InChI is InChI=1S/C21H29N3O4/c25-19(14-22-21(28)24-10-4-7-18(15-24)20(26)27)23-11-8-17(9-12-23)13-16-5-2-1-3-6-16/h1-3,5-6,17-18H,4,7-15H2,(H,22,28)(H,26,27). The highest BCUT2D eigenvalue weighted by Crippen LogP contribution is 2.21. The molecule has 1 aromatic carbocycles. The lowest BCUT2D eigenvalue weighted by molar-refractivity contribution is -0.143. The second-order valence-corrected chi connectivity index (χ2v) is 7.80. The van der Waals surface area contributed by atoms with Gasteiger partial charge in [0.15, 0.2) is 0 Å². The van der Waals surface area contributed by atoms with E-state index < -0.39 is 11.9 Å². The first kappa shape index (κ1) is 20.2. The summed E-state index contributed by atoms with van der Waals surface area (Å²) in [4.78, 5) is 39.1. The maximum atomic E-state index is 12.4. The zero-order chi connectivity index (χ0) is 19.9. The van der Waals surface area contributed by atoms with Crippen LogP contribution in [0.2, 0.25) is 0 Å². The van der Waals surface area contributed by atoms with Crippen molar-refractivity contribution in [2.45, 2.75) is 32.1 Å². The van der Waals surface area contributed by atoms with Crippen molar-refractivity contribution in [2.24, 2.45) is 11.8 Å². The first-order valence-electron chi connectivity index (χ1n) is 10.1. The van der Waals surface area contributed by atoms with Crippen LogP contribution in [0.1, 0.15) is 31.2 Å². The third-order valence-electron chi connectivity index (χ3n) is 5.78. The predicted molar refractivity (Wildman–Crippen MR) is 105 cm³/mol. The molecule has 1 atom stereocenters. The van der Waals surface area contributed by atoms with Gasteiger partial charge in [-0.2, -0.15) is 0 Å². The number of rotatable bonds is 5. The Hall–Kier alpha value is -2.57. The Morgan fingerprint density at radius 3 is 2.39 bits per heavy atom. The van der Waals surface area contributed by atoms with Crippen LogP contribution in [0, 0.1) is 11.8 Å². The predicted octanol–water partition coefficient (Wildman–Crippen LogP) is 1.97. The van der Waals surface area contributed by atoms with Crippen molar-refractivity contribution in [3.8, 4) is 0 Å². The van der Waals surface area contributed by atoms with Gasteiger partial charge in [-0.15, -0.1) is 0 Å². The second-order valence-electron chi connectivity index (χ2n) is 7.80. The molecule has 2 fully saturated rings. The number of carboxylic acid groups (broad SMARTS) is 1. The summed E-state index contributed by atoms with van der Waals surface area (Å²) >= 11 is 0. The second kappa shape index (κ2) is 9.57. The summed E-state index contributed by atoms with van der Waals surface area (Å²) in [5.41, 5.74) is 1.33. The van der Waals surface area contributed by atoms with Crippen LogP contribution < -0.4 is 5.32 Å². The van der Waals surface area contributed by atoms with Crippen LogP contribution in [0.5, 0.6) is 0 Å². The number of hydrogen-bond donors (Lipinski definition) is 2. The third kappa shape index (κ3) is 5.47. The molecule has 0 bridgehead atoms. The van der Waals surface area contributed by atoms with Gasteiger partial charge in [0.2, 0.25) is 5.91 Å². The highest BCUT2D eigenvalue weighted by molar-refractivity contribution is 5.84. The van der Waals surface area contributed by atoms with E-state index in [4.69, 9.17) is 5.11 Å². The van der Waals surface area contributed by atoms with Gasteiger partial charge >= 0.3 is 12.0 Å². The van der Waals surface area contributed by atoms with E-state index in [-0.39, 0.29) is 25.0 Å². The van der Waals surface area contributed by atoms with Gasteiger partial charge in [0.05, 0.1) is 12.5 Å². The zero-order valence-corrected chi connectivity index (χ0v) is 16.2. The van der Waals surface area contributed by atoms with Crippen molar-refractivity contribution in [1.29, 1.82) is 0 Å². The van der Waals surface area contributed by atoms with Gasteiger partial charge in [-0.1, -0.05) is 30.3 Å². The molecule has 3 rings (SSSR count). The highest BCUT2D eigenvalue weighted by Gasteiger charge is 2.29. The molecule has 28 heavy (non-hydrogen) atoms. The molecule has 2 saturated heterocycles. The summed E-state index contributed by atoms with van der Waals surface area (Å²) in [6.45, 7) is 2.15. The molecule has 1 unspecified atom stereocenters. The minimum absolute atomic E-state index is 0.0313. The Labute approximate surface area is 165 Å². The quantitative estimate of drug-likeness (QED) is 0.808. The molecule has 2 aliphatic rings. The number of hydrogen-bond acceptors (Lipinski definition) is 3. The fourth-order valence-corrected chi connectivity index (χ4v) is 4.07. The van der Waals surface area contributed by atoms with Gasteiger partial charge in [0.1, 0.15) is 0 Å². The molecular weight excluding hydrogens is 358 g/mol. The Morgan fingerprint density at radius 2 is 1.71 bits per heavy atom. The van der Waals surface area contributed by atoms with Crippen molar-refractivity contribution in [2.75, 3.05) is 32.7 Å². The average Bonchev–Trinajstić information content (AvgIpc) is 2.73. The molecule has 7 heteroatoms. The molecule has 2 aliphatic heterocycles. The van der Waals surface area contributed by atoms with E-state index in [1.165, 1.54) is 10.5 Å². The number of aliphatic carboxylic acids is 1. The fraction of sp³-hybridized carbons (Fsp3) is 0.571. The van der Waals surface area contributed by atoms with Gasteiger partial charge in [-0.05, 0) is 43.6 Å². The Kier molecular flexibility index (Phi) is 6.90. The van der Waals surface area contributed by atoms with E-state index in [0.717, 1.165) is 32.4 Å². The summed E-state index contributed by atoms with van der Waals surface area (Å²) in [7, 11) is 0. The molecule has 2 heterocycles. The van der Waals surface area contributed by atoms with Gasteiger partial charge in [-0.25, -0.2) is 4.79 Å². The Morgan fingerprint density at radius 1 is 1.00 bits per heavy atom. The molecule has 0 aromatic heterocycles. The van der Waals surface area contributed by atoms with Crippen molar-refractivity contribution in [3.05, 3.63) is 35.9 Å². The van der Waals surface area contributed by atoms with E-state index in [2.05, 4.69) is 29.6 Å². The number of carbonyl (C=O) groups excluding carboxylic acids is 2. The number of amides is 3. The average molecular weight is 387 g/mol. The van der Waals surface area contributed by atoms with Crippen LogP contribution in [-0.2, 0) is 16.0 Å². The van der Waals surface area contributed by atoms with Crippen LogP contribution in [0.15, 0.2) is 30.3 Å². The first-order chi connectivity index (χ1) is 13.5. The molecule has 0 saturated carbocycles. The normalized spacial score (nSPS) is 20.6. The lowest BCUT2D eigenvalue weighted by atomic mass is 9.90. The summed E-state index contributed by atoms with van der Waals surface area (Å²) in [5.74, 6) is -0.869. The molecule has 0 aliphatic carbocycles. The largest absolute Gasteiger partial charge is 0.481 e. The van der Waals surface area contributed by atoms with Crippen LogP contribution >= 0.6 is 0 Å². The van der Waals surface area contributed by atoms with Gasteiger partial charge in [0.25, 0.3) is 0 Å². The monoisotopic (exact) mass is 387 g/mol. The van der Waals surface area contributed by atoms with Gasteiger partial charge in [-0.3, -0.25) is 9.59 Å². The van der Waals surface area contributed by atoms with Crippen molar-refractivity contribution < 1.29 is 19.5 Å². The number of urea groups is 1. The first-order valence-corrected chi connectivity index (χ1v) is 10.1. The topological polar surface area (TPSA) is 90.0 Å². The van der Waals surface area contributed by atoms with Crippen LogP contribution in [-0.4, -0.2) is 65.5 Å². The summed E-state index contributed by atoms with van der Waals surface area (Å²) in [5, 5.41) is 11.8. The number of benzene rings is 1. The Balaban J connectivity index is 1.38. The number of piperidine rings is 2. The highest BCUT2D eigenvalue weighted by atomic mass is 16.4. The Bertz CT molecular complexity index is 686. The summed E-state index contributed by atoms with van der Waals surface area (Å²) < 4.78 is 0. The SMILES string of the molecule is O=C(O)C1CCCN(C(=O)NCC(=O)N2CCC(Cc3ccccc3)CC2)C1. The number of carbonyl (C=O) groups is 3. The molecular formula is C21H29N3O4. The van der Waals surface area contributed by atoms with E-state index in [1.54, 1.807) is 0 Å². The number of nitrogens with zero attached hydrogens (tertiary/aromatic N) is 2. The minimum Gasteiger partial charge on any atom is -0.481 e. The van der Waals surface area contributed by atoms with E-state index in [0.29, 0.717) is 25.3 Å². The molecule has 0 radical (unpaired) electrons. The molecule has 1 aromatic rings. The lowest BCUT2D eigenvalue weighted by Gasteiger charge is -2.33. The maximum absolute atomic E-state index is 12.4.